The smallest absolute Gasteiger partial charge is 0.236 e. The van der Waals surface area contributed by atoms with Crippen LogP contribution in [0.2, 0.25) is 0 Å². The van der Waals surface area contributed by atoms with Crippen LogP contribution < -0.4 is 14.5 Å². The molecule has 0 unspecified atom stereocenters. The average Bonchev–Trinajstić information content (AvgIpc) is 3.92. The molecule has 8 rings (SSSR count). The molecule has 3 aromatic heterocycles. The summed E-state index contributed by atoms with van der Waals surface area (Å²) in [6.07, 6.45) is 6.89. The van der Waals surface area contributed by atoms with Gasteiger partial charge in [-0.2, -0.15) is 5.10 Å². The van der Waals surface area contributed by atoms with Gasteiger partial charge < -0.3 is 19.4 Å². The molecule has 13 nitrogen and oxygen atoms in total. The van der Waals surface area contributed by atoms with Crippen molar-refractivity contribution in [2.75, 3.05) is 62.2 Å². The highest BCUT2D eigenvalue weighted by atomic mass is 16.5. The molecule has 4 aromatic rings. The second kappa shape index (κ2) is 12.9. The molecule has 0 aliphatic carbocycles. The molecule has 3 saturated heterocycles. The van der Waals surface area contributed by atoms with Gasteiger partial charge in [0, 0.05) is 87.2 Å². The number of benzene rings is 1. The molecule has 13 heteroatoms. The van der Waals surface area contributed by atoms with Gasteiger partial charge in [-0.15, -0.1) is 0 Å². The molecule has 4 aliphatic heterocycles. The standard InChI is InChI=1S/C37H42N10O3/c1-25(2)50-32-9-6-27(20-39-32)34-30-18-29(7-4-26(30)19-40-34)47-13-11-37(36(47)49)10-12-44(23-37)22-33(48)46-16-14-45(15-17-46)31-8-5-28(21-38-31)35-41-24-43(3)42-35/h4-9,18,20-21,24-25H,10-17,19,22-23H2,1-3H3/t37-/m0/s1. The van der Waals surface area contributed by atoms with E-state index in [4.69, 9.17) is 9.73 Å². The number of rotatable bonds is 8. The van der Waals surface area contributed by atoms with Crippen LogP contribution in [-0.2, 0) is 23.2 Å². The Hall–Kier alpha value is -5.17. The Morgan fingerprint density at radius 3 is 2.44 bits per heavy atom. The summed E-state index contributed by atoms with van der Waals surface area (Å²) in [7, 11) is 1.84. The van der Waals surface area contributed by atoms with Crippen LogP contribution in [0.3, 0.4) is 0 Å². The Bertz CT molecular complexity index is 1930. The fourth-order valence-electron chi connectivity index (χ4n) is 7.61. The van der Waals surface area contributed by atoms with Crippen LogP contribution in [0.25, 0.3) is 11.4 Å². The van der Waals surface area contributed by atoms with Crippen LogP contribution in [-0.4, -0.2) is 111 Å². The van der Waals surface area contributed by atoms with Crippen molar-refractivity contribution >= 4 is 29.0 Å². The second-order valence-electron chi connectivity index (χ2n) is 14.0. The second-order valence-corrected chi connectivity index (χ2v) is 14.0. The number of carbonyl (C=O) groups excluding carboxylic acids is 2. The topological polar surface area (TPSA) is 125 Å². The van der Waals surface area contributed by atoms with Crippen molar-refractivity contribution in [3.63, 3.8) is 0 Å². The van der Waals surface area contributed by atoms with Gasteiger partial charge in [0.2, 0.25) is 17.7 Å². The fraction of sp³-hybridized carbons (Fsp3) is 0.432. The number of carbonyl (C=O) groups is 2. The molecule has 2 amide bonds. The molecular formula is C37H42N10O3. The summed E-state index contributed by atoms with van der Waals surface area (Å²) in [5, 5.41) is 4.34. The largest absolute Gasteiger partial charge is 0.475 e. The summed E-state index contributed by atoms with van der Waals surface area (Å²) in [6, 6.07) is 14.1. The van der Waals surface area contributed by atoms with Crippen LogP contribution in [0.5, 0.6) is 5.88 Å². The number of likely N-dealkylation sites (tertiary alicyclic amines) is 1. The van der Waals surface area contributed by atoms with Crippen molar-refractivity contribution < 1.29 is 14.3 Å². The zero-order valence-corrected chi connectivity index (χ0v) is 28.8. The number of pyridine rings is 2. The molecule has 1 atom stereocenters. The summed E-state index contributed by atoms with van der Waals surface area (Å²) in [4.78, 5) is 53.9. The fourth-order valence-corrected chi connectivity index (χ4v) is 7.61. The van der Waals surface area contributed by atoms with Gasteiger partial charge >= 0.3 is 0 Å². The summed E-state index contributed by atoms with van der Waals surface area (Å²) < 4.78 is 7.38. The summed E-state index contributed by atoms with van der Waals surface area (Å²) in [6.45, 7) is 9.67. The number of aryl methyl sites for hydroxylation is 1. The number of nitrogens with zero attached hydrogens (tertiary/aromatic N) is 10. The summed E-state index contributed by atoms with van der Waals surface area (Å²) >= 11 is 0. The van der Waals surface area contributed by atoms with Gasteiger partial charge in [-0.1, -0.05) is 6.07 Å². The zero-order valence-electron chi connectivity index (χ0n) is 28.8. The molecule has 0 N–H and O–H groups in total. The van der Waals surface area contributed by atoms with Crippen molar-refractivity contribution in [3.05, 3.63) is 77.9 Å². The molecule has 0 saturated carbocycles. The maximum atomic E-state index is 14.0. The summed E-state index contributed by atoms with van der Waals surface area (Å²) in [5.41, 5.74) is 5.34. The Morgan fingerprint density at radius 1 is 0.920 bits per heavy atom. The van der Waals surface area contributed by atoms with E-state index in [1.165, 1.54) is 0 Å². The van der Waals surface area contributed by atoms with Gasteiger partial charge in [-0.05, 0) is 69.1 Å². The molecule has 50 heavy (non-hydrogen) atoms. The Morgan fingerprint density at radius 2 is 1.72 bits per heavy atom. The minimum Gasteiger partial charge on any atom is -0.475 e. The van der Waals surface area contributed by atoms with Crippen LogP contribution >= 0.6 is 0 Å². The van der Waals surface area contributed by atoms with Gasteiger partial charge in [-0.3, -0.25) is 24.2 Å². The number of hydrogen-bond donors (Lipinski definition) is 0. The van der Waals surface area contributed by atoms with E-state index in [1.54, 1.807) is 23.4 Å². The molecule has 4 aliphatic rings. The molecule has 3 fully saturated rings. The summed E-state index contributed by atoms with van der Waals surface area (Å²) in [5.74, 6) is 2.41. The predicted molar refractivity (Wildman–Crippen MR) is 189 cm³/mol. The van der Waals surface area contributed by atoms with Crippen molar-refractivity contribution in [2.24, 2.45) is 17.5 Å². The lowest BCUT2D eigenvalue weighted by atomic mass is 9.85. The highest BCUT2D eigenvalue weighted by Crippen LogP contribution is 2.43. The lowest BCUT2D eigenvalue weighted by Crippen LogP contribution is -2.51. The predicted octanol–water partition coefficient (Wildman–Crippen LogP) is 3.19. The number of amides is 2. The Kier molecular flexibility index (Phi) is 8.30. The lowest BCUT2D eigenvalue weighted by molar-refractivity contribution is -0.133. The van der Waals surface area contributed by atoms with E-state index in [1.807, 2.05) is 61.0 Å². The van der Waals surface area contributed by atoms with Crippen molar-refractivity contribution in [2.45, 2.75) is 39.3 Å². The number of ether oxygens (including phenoxy) is 1. The third-order valence-electron chi connectivity index (χ3n) is 10.3. The van der Waals surface area contributed by atoms with Gasteiger partial charge in [0.25, 0.3) is 0 Å². The average molecular weight is 675 g/mol. The quantitative estimate of drug-likeness (QED) is 0.277. The van der Waals surface area contributed by atoms with Gasteiger partial charge in [0.1, 0.15) is 12.1 Å². The first-order valence-electron chi connectivity index (χ1n) is 17.4. The van der Waals surface area contributed by atoms with E-state index in [0.717, 1.165) is 71.9 Å². The van der Waals surface area contributed by atoms with Crippen LogP contribution in [0.4, 0.5) is 11.5 Å². The van der Waals surface area contributed by atoms with Crippen LogP contribution in [0.1, 0.15) is 43.4 Å². The Balaban J connectivity index is 0.858. The highest BCUT2D eigenvalue weighted by Gasteiger charge is 2.51. The van der Waals surface area contributed by atoms with E-state index in [0.29, 0.717) is 51.0 Å². The van der Waals surface area contributed by atoms with Crippen molar-refractivity contribution in [1.82, 2.24) is 34.5 Å². The van der Waals surface area contributed by atoms with E-state index < -0.39 is 5.41 Å². The van der Waals surface area contributed by atoms with E-state index in [-0.39, 0.29) is 17.9 Å². The van der Waals surface area contributed by atoms with E-state index in [2.05, 4.69) is 42.0 Å². The maximum absolute atomic E-state index is 14.0. The SMILES string of the molecule is CC(C)Oc1ccc(C2=NCc3ccc(N4CC[C@]5(CCN(CC(=O)N6CCN(c7ccc(-c8ncn(C)n8)cn7)CC6)C5)C4=O)cc32)cn1. The molecule has 0 bridgehead atoms. The normalized spacial score (nSPS) is 20.7. The van der Waals surface area contributed by atoms with Crippen LogP contribution in [0, 0.1) is 5.41 Å². The zero-order chi connectivity index (χ0) is 34.4. The molecule has 0 radical (unpaired) electrons. The number of hydrogen-bond acceptors (Lipinski definition) is 10. The highest BCUT2D eigenvalue weighted by molar-refractivity contribution is 6.16. The monoisotopic (exact) mass is 674 g/mol. The molecule has 1 aromatic carbocycles. The maximum Gasteiger partial charge on any atom is 0.236 e. The number of piperazine rings is 1. The molecule has 7 heterocycles. The van der Waals surface area contributed by atoms with Gasteiger partial charge in [0.15, 0.2) is 5.82 Å². The number of anilines is 2. The minimum atomic E-state index is -0.451. The first-order valence-corrected chi connectivity index (χ1v) is 17.4. The molecule has 1 spiro atoms. The molecular weight excluding hydrogens is 632 g/mol. The van der Waals surface area contributed by atoms with Gasteiger partial charge in [-0.25, -0.2) is 15.0 Å². The number of aromatic nitrogens is 5. The van der Waals surface area contributed by atoms with E-state index >= 15 is 0 Å². The van der Waals surface area contributed by atoms with Crippen LogP contribution in [0.15, 0.2) is 66.2 Å². The third kappa shape index (κ3) is 6.10. The van der Waals surface area contributed by atoms with Gasteiger partial charge in [0.05, 0.1) is 30.3 Å². The lowest BCUT2D eigenvalue weighted by Gasteiger charge is -2.36. The first kappa shape index (κ1) is 32.1. The third-order valence-corrected chi connectivity index (χ3v) is 10.3. The van der Waals surface area contributed by atoms with E-state index in [9.17, 15) is 9.59 Å². The minimum absolute atomic E-state index is 0.0564. The first-order chi connectivity index (χ1) is 24.2. The Labute approximate surface area is 291 Å². The van der Waals surface area contributed by atoms with Crippen molar-refractivity contribution in [3.8, 4) is 17.3 Å². The number of fused-ring (bicyclic) bond motifs is 1. The number of aliphatic imine (C=N–C) groups is 1. The van der Waals surface area contributed by atoms with Crippen molar-refractivity contribution in [1.29, 1.82) is 0 Å². The molecule has 258 valence electrons.